The largest absolute Gasteiger partial charge is 0.489 e. The molecule has 1 unspecified atom stereocenters. The van der Waals surface area contributed by atoms with E-state index in [1.54, 1.807) is 12.4 Å². The molecule has 0 saturated carbocycles. The lowest BCUT2D eigenvalue weighted by atomic mass is 10.1. The monoisotopic (exact) mass is 257 g/mol. The molecule has 2 N–H and O–H groups in total. The van der Waals surface area contributed by atoms with E-state index in [0.29, 0.717) is 24.9 Å². The number of aromatic nitrogens is 2. The van der Waals surface area contributed by atoms with Crippen molar-refractivity contribution in [1.82, 2.24) is 9.97 Å². The standard InChI is InChI=1S/C14H15N3O2/c1-9-7-18-12-3-2-10(4-13(12)19-8-9)11-5-17-14(15)6-16-11/h2-6,9H,7-8H2,1H3,(H2,15,17). The van der Waals surface area contributed by atoms with Gasteiger partial charge in [0.15, 0.2) is 11.5 Å². The Balaban J connectivity index is 1.95. The van der Waals surface area contributed by atoms with Crippen molar-refractivity contribution in [1.29, 1.82) is 0 Å². The highest BCUT2D eigenvalue weighted by molar-refractivity contribution is 5.63. The second kappa shape index (κ2) is 4.76. The first-order chi connectivity index (χ1) is 9.22. The van der Waals surface area contributed by atoms with E-state index in [0.717, 1.165) is 22.8 Å². The Kier molecular flexibility index (Phi) is 2.95. The van der Waals surface area contributed by atoms with E-state index in [9.17, 15) is 0 Å². The van der Waals surface area contributed by atoms with Gasteiger partial charge in [0.05, 0.1) is 31.3 Å². The average molecular weight is 257 g/mol. The number of nitrogen functional groups attached to an aromatic ring is 1. The topological polar surface area (TPSA) is 70.3 Å². The third-order valence-electron chi connectivity index (χ3n) is 2.96. The van der Waals surface area contributed by atoms with Crippen LogP contribution in [0, 0.1) is 5.92 Å². The summed E-state index contributed by atoms with van der Waals surface area (Å²) in [6, 6.07) is 5.77. The first kappa shape index (κ1) is 11.8. The summed E-state index contributed by atoms with van der Waals surface area (Å²) in [7, 11) is 0. The summed E-state index contributed by atoms with van der Waals surface area (Å²) in [6.45, 7) is 3.43. The minimum Gasteiger partial charge on any atom is -0.489 e. The van der Waals surface area contributed by atoms with Crippen LogP contribution in [-0.4, -0.2) is 23.2 Å². The van der Waals surface area contributed by atoms with Crippen LogP contribution in [0.1, 0.15) is 6.92 Å². The summed E-state index contributed by atoms with van der Waals surface area (Å²) < 4.78 is 11.4. The number of hydrogen-bond donors (Lipinski definition) is 1. The Morgan fingerprint density at radius 2 is 1.89 bits per heavy atom. The SMILES string of the molecule is CC1COc2ccc(-c3cnc(N)cn3)cc2OC1. The van der Waals surface area contributed by atoms with Crippen LogP contribution in [0.4, 0.5) is 5.82 Å². The normalized spacial score (nSPS) is 17.8. The van der Waals surface area contributed by atoms with Crippen LogP contribution < -0.4 is 15.2 Å². The third kappa shape index (κ3) is 2.45. The predicted molar refractivity (Wildman–Crippen MR) is 72.0 cm³/mol. The zero-order valence-corrected chi connectivity index (χ0v) is 10.7. The minimum absolute atomic E-state index is 0.382. The van der Waals surface area contributed by atoms with Gasteiger partial charge in [-0.05, 0) is 18.2 Å². The minimum atomic E-state index is 0.382. The molecule has 1 atom stereocenters. The van der Waals surface area contributed by atoms with Gasteiger partial charge in [-0.25, -0.2) is 4.98 Å². The van der Waals surface area contributed by atoms with Crippen molar-refractivity contribution in [3.63, 3.8) is 0 Å². The van der Waals surface area contributed by atoms with Gasteiger partial charge in [-0.1, -0.05) is 6.92 Å². The number of ether oxygens (including phenoxy) is 2. The first-order valence-electron chi connectivity index (χ1n) is 6.20. The van der Waals surface area contributed by atoms with Crippen molar-refractivity contribution in [2.75, 3.05) is 18.9 Å². The molecule has 5 nitrogen and oxygen atoms in total. The Morgan fingerprint density at radius 3 is 2.63 bits per heavy atom. The number of nitrogens with zero attached hydrogens (tertiary/aromatic N) is 2. The zero-order chi connectivity index (χ0) is 13.2. The Morgan fingerprint density at radius 1 is 1.11 bits per heavy atom. The molecule has 0 fully saturated rings. The van der Waals surface area contributed by atoms with Gasteiger partial charge in [0.25, 0.3) is 0 Å². The summed E-state index contributed by atoms with van der Waals surface area (Å²) in [5.41, 5.74) is 7.23. The van der Waals surface area contributed by atoms with E-state index in [-0.39, 0.29) is 0 Å². The summed E-state index contributed by atoms with van der Waals surface area (Å²) in [6.07, 6.45) is 3.19. The van der Waals surface area contributed by atoms with Crippen molar-refractivity contribution in [2.45, 2.75) is 6.92 Å². The number of benzene rings is 1. The molecule has 0 aliphatic carbocycles. The fourth-order valence-corrected chi connectivity index (χ4v) is 1.90. The summed E-state index contributed by atoms with van der Waals surface area (Å²) in [5, 5.41) is 0. The maximum Gasteiger partial charge on any atom is 0.161 e. The summed E-state index contributed by atoms with van der Waals surface area (Å²) in [5.74, 6) is 2.32. The van der Waals surface area contributed by atoms with Gasteiger partial charge >= 0.3 is 0 Å². The molecule has 98 valence electrons. The van der Waals surface area contributed by atoms with Crippen LogP contribution in [0.2, 0.25) is 0 Å². The van der Waals surface area contributed by atoms with Crippen molar-refractivity contribution in [3.8, 4) is 22.8 Å². The molecule has 1 aromatic heterocycles. The first-order valence-corrected chi connectivity index (χ1v) is 6.20. The van der Waals surface area contributed by atoms with Crippen LogP contribution in [-0.2, 0) is 0 Å². The van der Waals surface area contributed by atoms with E-state index in [1.807, 2.05) is 18.2 Å². The molecule has 0 radical (unpaired) electrons. The van der Waals surface area contributed by atoms with Crippen LogP contribution in [0.3, 0.4) is 0 Å². The molecule has 1 aliphatic rings. The van der Waals surface area contributed by atoms with Crippen LogP contribution in [0.25, 0.3) is 11.3 Å². The Bertz CT molecular complexity index is 584. The summed E-state index contributed by atoms with van der Waals surface area (Å²) in [4.78, 5) is 8.29. The molecule has 0 amide bonds. The molecule has 0 bridgehead atoms. The number of rotatable bonds is 1. The van der Waals surface area contributed by atoms with Crippen molar-refractivity contribution < 1.29 is 9.47 Å². The lowest BCUT2D eigenvalue weighted by Gasteiger charge is -2.08. The fraction of sp³-hybridized carbons (Fsp3) is 0.286. The predicted octanol–water partition coefficient (Wildman–Crippen LogP) is 2.13. The summed E-state index contributed by atoms with van der Waals surface area (Å²) >= 11 is 0. The highest BCUT2D eigenvalue weighted by Gasteiger charge is 2.15. The van der Waals surface area contributed by atoms with Crippen molar-refractivity contribution >= 4 is 5.82 Å². The van der Waals surface area contributed by atoms with E-state index in [1.165, 1.54) is 0 Å². The molecule has 19 heavy (non-hydrogen) atoms. The smallest absolute Gasteiger partial charge is 0.161 e. The number of nitrogens with two attached hydrogens (primary N) is 1. The van der Waals surface area contributed by atoms with E-state index >= 15 is 0 Å². The average Bonchev–Trinajstić information content (AvgIpc) is 2.62. The van der Waals surface area contributed by atoms with E-state index < -0.39 is 0 Å². The quantitative estimate of drug-likeness (QED) is 0.847. The fourth-order valence-electron chi connectivity index (χ4n) is 1.90. The highest BCUT2D eigenvalue weighted by atomic mass is 16.5. The molecule has 1 aliphatic heterocycles. The van der Waals surface area contributed by atoms with Gasteiger partial charge in [-0.3, -0.25) is 4.98 Å². The van der Waals surface area contributed by atoms with Gasteiger partial charge in [-0.15, -0.1) is 0 Å². The lowest BCUT2D eigenvalue weighted by Crippen LogP contribution is -2.12. The van der Waals surface area contributed by atoms with Gasteiger partial charge in [-0.2, -0.15) is 0 Å². The molecule has 1 aromatic carbocycles. The van der Waals surface area contributed by atoms with Gasteiger partial charge in [0, 0.05) is 11.5 Å². The molecule has 3 rings (SSSR count). The Labute approximate surface area is 111 Å². The van der Waals surface area contributed by atoms with Crippen LogP contribution in [0.15, 0.2) is 30.6 Å². The second-order valence-corrected chi connectivity index (χ2v) is 4.72. The molecule has 2 heterocycles. The molecular formula is C14H15N3O2. The van der Waals surface area contributed by atoms with E-state index in [2.05, 4.69) is 16.9 Å². The van der Waals surface area contributed by atoms with Crippen LogP contribution >= 0.6 is 0 Å². The van der Waals surface area contributed by atoms with Gasteiger partial charge < -0.3 is 15.2 Å². The molecule has 0 saturated heterocycles. The molecule has 5 heteroatoms. The lowest BCUT2D eigenvalue weighted by molar-refractivity contribution is 0.228. The molecule has 0 spiro atoms. The van der Waals surface area contributed by atoms with Gasteiger partial charge in [0.2, 0.25) is 0 Å². The highest BCUT2D eigenvalue weighted by Crippen LogP contribution is 2.34. The molecular weight excluding hydrogens is 242 g/mol. The maximum atomic E-state index is 5.75. The number of hydrogen-bond acceptors (Lipinski definition) is 5. The van der Waals surface area contributed by atoms with Crippen molar-refractivity contribution in [3.05, 3.63) is 30.6 Å². The number of fused-ring (bicyclic) bond motifs is 1. The zero-order valence-electron chi connectivity index (χ0n) is 10.7. The maximum absolute atomic E-state index is 5.75. The number of anilines is 1. The Hall–Kier alpha value is -2.30. The van der Waals surface area contributed by atoms with Crippen LogP contribution in [0.5, 0.6) is 11.5 Å². The van der Waals surface area contributed by atoms with E-state index in [4.69, 9.17) is 15.2 Å². The van der Waals surface area contributed by atoms with Crippen molar-refractivity contribution in [2.24, 2.45) is 5.92 Å². The molecule has 2 aromatic rings. The van der Waals surface area contributed by atoms with Gasteiger partial charge in [0.1, 0.15) is 5.82 Å². The second-order valence-electron chi connectivity index (χ2n) is 4.72. The third-order valence-corrected chi connectivity index (χ3v) is 2.96.